The summed E-state index contributed by atoms with van der Waals surface area (Å²) in [4.78, 5) is 0. The molecule has 3 heteroatoms. The normalized spacial score (nSPS) is 12.0. The fourth-order valence-corrected chi connectivity index (χ4v) is 1.09. The zero-order chi connectivity index (χ0) is 9.90. The van der Waals surface area contributed by atoms with Crippen molar-refractivity contribution < 1.29 is 9.30 Å². The molecule has 13 heavy (non-hydrogen) atoms. The summed E-state index contributed by atoms with van der Waals surface area (Å²) in [7, 11) is 2.01. The van der Waals surface area contributed by atoms with E-state index in [1.165, 1.54) is 0 Å². The summed E-state index contributed by atoms with van der Waals surface area (Å²) in [5, 5.41) is 0. The van der Waals surface area contributed by atoms with Gasteiger partial charge in [0, 0.05) is 0 Å². The number of rotatable bonds is 3. The molecule has 0 unspecified atom stereocenters. The lowest BCUT2D eigenvalue weighted by molar-refractivity contribution is -0.671. The number of nitrogens with zero attached hydrogens (tertiary/aromatic N) is 2. The van der Waals surface area contributed by atoms with Gasteiger partial charge in [-0.2, -0.15) is 0 Å². The van der Waals surface area contributed by atoms with E-state index in [4.69, 9.17) is 4.74 Å². The van der Waals surface area contributed by atoms with E-state index in [1.807, 2.05) is 30.3 Å². The Morgan fingerprint density at radius 2 is 2.08 bits per heavy atom. The molecule has 1 aromatic rings. The highest BCUT2D eigenvalue weighted by Gasteiger charge is 2.10. The van der Waals surface area contributed by atoms with Crippen molar-refractivity contribution >= 4 is 0 Å². The molecule has 3 nitrogen and oxygen atoms in total. The van der Waals surface area contributed by atoms with Gasteiger partial charge in [-0.3, -0.25) is 0 Å². The minimum Gasteiger partial charge on any atom is -0.372 e. The maximum atomic E-state index is 5.61. The largest absolute Gasteiger partial charge is 0.372 e. The molecule has 0 spiro atoms. The molecule has 0 bridgehead atoms. The smallest absolute Gasteiger partial charge is 0.243 e. The van der Waals surface area contributed by atoms with E-state index in [0.29, 0.717) is 0 Å². The molecule has 0 amide bonds. The highest BCUT2D eigenvalue weighted by atomic mass is 16.5. The Morgan fingerprint density at radius 1 is 1.38 bits per heavy atom. The summed E-state index contributed by atoms with van der Waals surface area (Å²) >= 11 is 0. The zero-order valence-corrected chi connectivity index (χ0v) is 8.95. The molecule has 0 aliphatic heterocycles. The molecule has 0 radical (unpaired) electrons. The van der Waals surface area contributed by atoms with Gasteiger partial charge in [0.2, 0.25) is 6.33 Å². The van der Waals surface area contributed by atoms with Crippen molar-refractivity contribution in [3.05, 3.63) is 18.7 Å². The molecular weight excluding hydrogens is 164 g/mol. The summed E-state index contributed by atoms with van der Waals surface area (Å²) < 4.78 is 9.75. The van der Waals surface area contributed by atoms with Gasteiger partial charge in [0.1, 0.15) is 18.9 Å². The Balaban J connectivity index is 2.28. The predicted octanol–water partition coefficient (Wildman–Crippen LogP) is 1.13. The van der Waals surface area contributed by atoms with Crippen molar-refractivity contribution in [2.75, 3.05) is 6.61 Å². The average Bonchev–Trinajstić information content (AvgIpc) is 2.33. The van der Waals surface area contributed by atoms with E-state index in [1.54, 1.807) is 0 Å². The number of aromatic nitrogens is 2. The van der Waals surface area contributed by atoms with Crippen LogP contribution in [-0.2, 0) is 18.3 Å². The molecule has 1 heterocycles. The summed E-state index contributed by atoms with van der Waals surface area (Å²) in [6, 6.07) is 0. The Morgan fingerprint density at radius 3 is 2.54 bits per heavy atom. The van der Waals surface area contributed by atoms with Gasteiger partial charge in [0.25, 0.3) is 0 Å². The highest BCUT2D eigenvalue weighted by molar-refractivity contribution is 4.66. The van der Waals surface area contributed by atoms with Gasteiger partial charge in [-0.25, -0.2) is 9.13 Å². The van der Waals surface area contributed by atoms with Crippen molar-refractivity contribution in [2.24, 2.45) is 7.05 Å². The van der Waals surface area contributed by atoms with Crippen LogP contribution in [0.5, 0.6) is 0 Å². The Bertz CT molecular complexity index is 260. The summed E-state index contributed by atoms with van der Waals surface area (Å²) in [5.74, 6) is 0. The maximum absolute atomic E-state index is 5.61. The van der Waals surface area contributed by atoms with Crippen LogP contribution in [-0.4, -0.2) is 16.8 Å². The number of hydrogen-bond donors (Lipinski definition) is 0. The van der Waals surface area contributed by atoms with Crippen LogP contribution in [0.3, 0.4) is 0 Å². The van der Waals surface area contributed by atoms with Crippen LogP contribution in [0.1, 0.15) is 20.8 Å². The first-order valence-corrected chi connectivity index (χ1v) is 4.62. The van der Waals surface area contributed by atoms with E-state index < -0.39 is 0 Å². The second-order valence-electron chi connectivity index (χ2n) is 4.28. The third-order valence-electron chi connectivity index (χ3n) is 1.71. The second kappa shape index (κ2) is 3.92. The van der Waals surface area contributed by atoms with Crippen molar-refractivity contribution in [1.29, 1.82) is 0 Å². The molecule has 1 aromatic heterocycles. The number of imidazole rings is 1. The first-order chi connectivity index (χ1) is 5.97. The minimum atomic E-state index is -0.0324. The van der Waals surface area contributed by atoms with Gasteiger partial charge in [-0.15, -0.1) is 0 Å². The lowest BCUT2D eigenvalue weighted by atomic mass is 10.2. The third-order valence-corrected chi connectivity index (χ3v) is 1.71. The molecule has 0 atom stereocenters. The summed E-state index contributed by atoms with van der Waals surface area (Å²) in [6.07, 6.45) is 6.12. The lowest BCUT2D eigenvalue weighted by Gasteiger charge is -2.18. The summed E-state index contributed by atoms with van der Waals surface area (Å²) in [6.45, 7) is 7.89. The van der Waals surface area contributed by atoms with Crippen molar-refractivity contribution in [2.45, 2.75) is 32.9 Å². The molecule has 0 aliphatic carbocycles. The third kappa shape index (κ3) is 4.08. The molecule has 0 fully saturated rings. The highest BCUT2D eigenvalue weighted by Crippen LogP contribution is 2.05. The van der Waals surface area contributed by atoms with Crippen LogP contribution in [0.15, 0.2) is 18.7 Å². The molecule has 1 rings (SSSR count). The van der Waals surface area contributed by atoms with E-state index in [-0.39, 0.29) is 5.60 Å². The van der Waals surface area contributed by atoms with Crippen LogP contribution < -0.4 is 4.57 Å². The lowest BCUT2D eigenvalue weighted by Crippen LogP contribution is -2.25. The first-order valence-electron chi connectivity index (χ1n) is 4.62. The molecule has 74 valence electrons. The van der Waals surface area contributed by atoms with Crippen LogP contribution in [0.25, 0.3) is 0 Å². The Hall–Kier alpha value is -0.830. The van der Waals surface area contributed by atoms with Crippen LogP contribution in [0.4, 0.5) is 0 Å². The van der Waals surface area contributed by atoms with E-state index >= 15 is 0 Å². The Labute approximate surface area is 79.9 Å². The first kappa shape index (κ1) is 10.3. The van der Waals surface area contributed by atoms with E-state index in [9.17, 15) is 0 Å². The van der Waals surface area contributed by atoms with Crippen molar-refractivity contribution in [3.63, 3.8) is 0 Å². The fraction of sp³-hybridized carbons (Fsp3) is 0.700. The van der Waals surface area contributed by atoms with Gasteiger partial charge < -0.3 is 4.74 Å². The van der Waals surface area contributed by atoms with Gasteiger partial charge in [-0.1, -0.05) is 0 Å². The monoisotopic (exact) mass is 183 g/mol. The van der Waals surface area contributed by atoms with Crippen LogP contribution in [0, 0.1) is 0 Å². The quantitative estimate of drug-likeness (QED) is 0.642. The van der Waals surface area contributed by atoms with Crippen molar-refractivity contribution in [1.82, 2.24) is 4.57 Å². The maximum Gasteiger partial charge on any atom is 0.243 e. The molecule has 0 saturated carbocycles. The van der Waals surface area contributed by atoms with Crippen molar-refractivity contribution in [3.8, 4) is 0 Å². The van der Waals surface area contributed by atoms with Gasteiger partial charge in [-0.05, 0) is 20.8 Å². The fourth-order valence-electron chi connectivity index (χ4n) is 1.09. The van der Waals surface area contributed by atoms with E-state index in [0.717, 1.165) is 13.2 Å². The number of hydrogen-bond acceptors (Lipinski definition) is 1. The minimum absolute atomic E-state index is 0.0324. The average molecular weight is 183 g/mol. The van der Waals surface area contributed by atoms with Crippen LogP contribution in [0.2, 0.25) is 0 Å². The van der Waals surface area contributed by atoms with Crippen LogP contribution >= 0.6 is 0 Å². The predicted molar refractivity (Wildman–Crippen MR) is 51.3 cm³/mol. The Kier molecular flexibility index (Phi) is 3.09. The molecule has 0 aromatic carbocycles. The summed E-state index contributed by atoms with van der Waals surface area (Å²) in [5.41, 5.74) is -0.0324. The topological polar surface area (TPSA) is 18.0 Å². The standard InChI is InChI=1S/C10H19N2O/c1-10(2,3)13-8-7-12-6-5-11(4)9-12/h5-6,9H,7-8H2,1-4H3/q+1. The molecule has 0 N–H and O–H groups in total. The van der Waals surface area contributed by atoms with Gasteiger partial charge in [0.15, 0.2) is 0 Å². The van der Waals surface area contributed by atoms with E-state index in [2.05, 4.69) is 25.3 Å². The molecular formula is C10H19N2O+. The zero-order valence-electron chi connectivity index (χ0n) is 8.95. The second-order valence-corrected chi connectivity index (χ2v) is 4.28. The van der Waals surface area contributed by atoms with Gasteiger partial charge in [0.05, 0.1) is 19.3 Å². The molecule has 0 aliphatic rings. The SMILES string of the molecule is C[n+]1ccn(CCOC(C)(C)C)c1. The number of aryl methyl sites for hydroxylation is 1. The van der Waals surface area contributed by atoms with Gasteiger partial charge >= 0.3 is 0 Å². The number of ether oxygens (including phenoxy) is 1. The molecule has 0 saturated heterocycles.